The summed E-state index contributed by atoms with van der Waals surface area (Å²) in [6, 6.07) is 8.23. The third kappa shape index (κ3) is 4.43. The fraction of sp³-hybridized carbons (Fsp3) is 0.304. The summed E-state index contributed by atoms with van der Waals surface area (Å²) in [5.74, 6) is -1.86. The summed E-state index contributed by atoms with van der Waals surface area (Å²) in [4.78, 5) is 26.7. The number of carbonyl (C=O) groups is 1. The van der Waals surface area contributed by atoms with Crippen LogP contribution in [0.4, 0.5) is 10.1 Å². The first-order chi connectivity index (χ1) is 14.8. The number of carboxylic acid groups (broad SMARTS) is 1. The number of hydrogen-bond donors (Lipinski definition) is 2. The second-order valence-corrected chi connectivity index (χ2v) is 7.57. The largest absolute Gasteiger partial charge is 0.477 e. The Morgan fingerprint density at radius 2 is 1.94 bits per heavy atom. The van der Waals surface area contributed by atoms with Gasteiger partial charge < -0.3 is 19.7 Å². The lowest BCUT2D eigenvalue weighted by Crippen LogP contribution is -2.26. The Kier molecular flexibility index (Phi) is 6.97. The van der Waals surface area contributed by atoms with Crippen molar-refractivity contribution in [2.45, 2.75) is 26.8 Å². The molecule has 3 rings (SSSR count). The molecule has 3 aromatic rings. The smallest absolute Gasteiger partial charge is 0.341 e. The molecule has 0 unspecified atom stereocenters. The van der Waals surface area contributed by atoms with Gasteiger partial charge in [-0.3, -0.25) is 4.79 Å². The number of nitrogens with zero attached hydrogens (tertiary/aromatic N) is 2. The van der Waals surface area contributed by atoms with E-state index in [1.165, 1.54) is 12.3 Å². The summed E-state index contributed by atoms with van der Waals surface area (Å²) in [6.07, 6.45) is 1.46. The highest BCUT2D eigenvalue weighted by molar-refractivity contribution is 6.30. The average molecular weight is 447 g/mol. The number of halogens is 2. The van der Waals surface area contributed by atoms with Crippen LogP contribution in [0.2, 0.25) is 5.02 Å². The molecule has 2 aromatic carbocycles. The molecule has 31 heavy (non-hydrogen) atoms. The zero-order valence-corrected chi connectivity index (χ0v) is 18.1. The van der Waals surface area contributed by atoms with Crippen LogP contribution in [0.5, 0.6) is 0 Å². The average Bonchev–Trinajstić information content (AvgIpc) is 2.74. The Morgan fingerprint density at radius 3 is 2.55 bits per heavy atom. The molecule has 0 saturated carbocycles. The van der Waals surface area contributed by atoms with Crippen LogP contribution in [0.25, 0.3) is 10.9 Å². The van der Waals surface area contributed by atoms with Crippen LogP contribution >= 0.6 is 11.6 Å². The van der Waals surface area contributed by atoms with E-state index < -0.39 is 17.2 Å². The summed E-state index contributed by atoms with van der Waals surface area (Å²) < 4.78 is 16.1. The molecule has 0 atom stereocenters. The third-order valence-electron chi connectivity index (χ3n) is 5.31. The van der Waals surface area contributed by atoms with E-state index in [0.717, 1.165) is 5.69 Å². The second-order valence-electron chi connectivity index (χ2n) is 7.17. The zero-order valence-electron chi connectivity index (χ0n) is 17.4. The number of anilines is 1. The molecule has 2 N–H and O–H groups in total. The van der Waals surface area contributed by atoms with Gasteiger partial charge in [-0.05, 0) is 43.2 Å². The van der Waals surface area contributed by atoms with Crippen molar-refractivity contribution in [3.05, 3.63) is 74.3 Å². The number of rotatable bonds is 8. The van der Waals surface area contributed by atoms with Gasteiger partial charge in [0, 0.05) is 37.6 Å². The molecular weight excluding hydrogens is 423 g/mol. The van der Waals surface area contributed by atoms with E-state index in [-0.39, 0.29) is 35.5 Å². The first-order valence-corrected chi connectivity index (χ1v) is 10.4. The number of aliphatic hydroxyl groups excluding tert-OH is 1. The minimum Gasteiger partial charge on any atom is -0.477 e. The Bertz CT molecular complexity index is 1190. The third-order valence-corrected chi connectivity index (χ3v) is 5.60. The first-order valence-electron chi connectivity index (χ1n) is 10.0. The van der Waals surface area contributed by atoms with Gasteiger partial charge in [0.15, 0.2) is 0 Å². The van der Waals surface area contributed by atoms with Gasteiger partial charge in [0.25, 0.3) is 0 Å². The van der Waals surface area contributed by atoms with Gasteiger partial charge in [0.2, 0.25) is 5.43 Å². The Labute approximate surface area is 184 Å². The van der Waals surface area contributed by atoms with Gasteiger partial charge in [-0.2, -0.15) is 0 Å². The lowest BCUT2D eigenvalue weighted by molar-refractivity contribution is 0.0694. The van der Waals surface area contributed by atoms with Crippen LogP contribution < -0.4 is 10.3 Å². The number of pyridine rings is 1. The van der Waals surface area contributed by atoms with E-state index in [9.17, 15) is 24.2 Å². The van der Waals surface area contributed by atoms with Crippen LogP contribution in [0.15, 0.2) is 41.3 Å². The monoisotopic (exact) mass is 446 g/mol. The Hall–Kier alpha value is -2.90. The maximum Gasteiger partial charge on any atom is 0.341 e. The molecule has 0 aliphatic rings. The van der Waals surface area contributed by atoms with Crippen LogP contribution in [0.3, 0.4) is 0 Å². The number of benzene rings is 2. The summed E-state index contributed by atoms with van der Waals surface area (Å²) in [5.41, 5.74) is 1.31. The van der Waals surface area contributed by atoms with Crippen molar-refractivity contribution < 1.29 is 19.4 Å². The highest BCUT2D eigenvalue weighted by atomic mass is 35.5. The lowest BCUT2D eigenvalue weighted by Gasteiger charge is -2.26. The highest BCUT2D eigenvalue weighted by Crippen LogP contribution is 2.30. The standard InChI is InChI=1S/C23H24ClFN2O4/c1-3-26(4-2)19-12-14(10-15-6-5-7-18(24)20(15)25)11-16-21(19)27(8-9-28)13-17(22(16)29)23(30)31/h5-7,11-13,28H,3-4,8-10H2,1-2H3,(H,30,31). The SMILES string of the molecule is CCN(CC)c1cc(Cc2cccc(Cl)c2F)cc2c(=O)c(C(=O)O)cn(CCO)c12. The van der Waals surface area contributed by atoms with Crippen molar-refractivity contribution in [3.63, 3.8) is 0 Å². The number of hydrogen-bond acceptors (Lipinski definition) is 4. The normalized spacial score (nSPS) is 11.1. The Balaban J connectivity index is 2.35. The molecule has 1 aromatic heterocycles. The van der Waals surface area contributed by atoms with Crippen LogP contribution in [-0.4, -0.2) is 40.4 Å². The minimum atomic E-state index is -1.34. The zero-order chi connectivity index (χ0) is 22.7. The summed E-state index contributed by atoms with van der Waals surface area (Å²) >= 11 is 5.91. The molecular formula is C23H24ClFN2O4. The highest BCUT2D eigenvalue weighted by Gasteiger charge is 2.20. The van der Waals surface area contributed by atoms with Gasteiger partial charge in [-0.1, -0.05) is 23.7 Å². The van der Waals surface area contributed by atoms with E-state index >= 15 is 0 Å². The van der Waals surface area contributed by atoms with Crippen molar-refractivity contribution in [1.82, 2.24) is 4.57 Å². The van der Waals surface area contributed by atoms with Crippen molar-refractivity contribution >= 4 is 34.2 Å². The predicted molar refractivity (Wildman–Crippen MR) is 120 cm³/mol. The molecule has 6 nitrogen and oxygen atoms in total. The number of aromatic carboxylic acids is 1. The maximum atomic E-state index is 14.5. The van der Waals surface area contributed by atoms with E-state index in [1.54, 1.807) is 22.8 Å². The second kappa shape index (κ2) is 9.49. The topological polar surface area (TPSA) is 82.8 Å². The number of aliphatic hydroxyl groups is 1. The van der Waals surface area contributed by atoms with E-state index in [1.807, 2.05) is 24.8 Å². The molecule has 0 spiro atoms. The van der Waals surface area contributed by atoms with Crippen molar-refractivity contribution in [2.24, 2.45) is 0 Å². The van der Waals surface area contributed by atoms with Crippen molar-refractivity contribution in [1.29, 1.82) is 0 Å². The van der Waals surface area contributed by atoms with E-state index in [0.29, 0.717) is 29.7 Å². The Morgan fingerprint density at radius 1 is 1.23 bits per heavy atom. The molecule has 0 radical (unpaired) electrons. The summed E-state index contributed by atoms with van der Waals surface area (Å²) in [6.45, 7) is 5.15. The summed E-state index contributed by atoms with van der Waals surface area (Å²) in [7, 11) is 0. The molecule has 0 saturated heterocycles. The molecule has 0 bridgehead atoms. The van der Waals surface area contributed by atoms with E-state index in [4.69, 9.17) is 11.6 Å². The van der Waals surface area contributed by atoms with E-state index in [2.05, 4.69) is 0 Å². The van der Waals surface area contributed by atoms with Gasteiger partial charge in [-0.15, -0.1) is 0 Å². The van der Waals surface area contributed by atoms with Gasteiger partial charge in [-0.25, -0.2) is 9.18 Å². The predicted octanol–water partition coefficient (Wildman–Crippen LogP) is 3.92. The van der Waals surface area contributed by atoms with Gasteiger partial charge in [0.05, 0.1) is 22.8 Å². The first kappa shape index (κ1) is 22.8. The van der Waals surface area contributed by atoms with Crippen LogP contribution in [0, 0.1) is 5.82 Å². The molecule has 0 fully saturated rings. The minimum absolute atomic E-state index is 0.0146. The van der Waals surface area contributed by atoms with Crippen LogP contribution in [0.1, 0.15) is 35.3 Å². The molecule has 164 valence electrons. The van der Waals surface area contributed by atoms with Crippen molar-refractivity contribution in [2.75, 3.05) is 24.6 Å². The molecule has 1 heterocycles. The van der Waals surface area contributed by atoms with Gasteiger partial charge in [0.1, 0.15) is 11.4 Å². The maximum absolute atomic E-state index is 14.5. The molecule has 8 heteroatoms. The lowest BCUT2D eigenvalue weighted by atomic mass is 9.99. The van der Waals surface area contributed by atoms with Crippen molar-refractivity contribution in [3.8, 4) is 0 Å². The number of carboxylic acids is 1. The number of aromatic nitrogens is 1. The van der Waals surface area contributed by atoms with Crippen LogP contribution in [-0.2, 0) is 13.0 Å². The summed E-state index contributed by atoms with van der Waals surface area (Å²) in [5, 5.41) is 19.3. The molecule has 0 aliphatic heterocycles. The number of fused-ring (bicyclic) bond motifs is 1. The van der Waals surface area contributed by atoms with Gasteiger partial charge >= 0.3 is 5.97 Å². The molecule has 0 amide bonds. The molecule has 0 aliphatic carbocycles. The fourth-order valence-electron chi connectivity index (χ4n) is 3.83. The quantitative estimate of drug-likeness (QED) is 0.548. The fourth-order valence-corrected chi connectivity index (χ4v) is 4.02.